The zero-order valence-electron chi connectivity index (χ0n) is 13.4. The van der Waals surface area contributed by atoms with Crippen LogP contribution in [0.5, 0.6) is 0 Å². The first kappa shape index (κ1) is 17.0. The second-order valence-corrected chi connectivity index (χ2v) is 11.2. The molecule has 0 aromatic heterocycles. The smallest absolute Gasteiger partial charge is 0.0910 e. The van der Waals surface area contributed by atoms with E-state index in [0.29, 0.717) is 0 Å². The summed E-state index contributed by atoms with van der Waals surface area (Å²) in [6, 6.07) is 2.73. The summed E-state index contributed by atoms with van der Waals surface area (Å²) < 4.78 is 0. The predicted octanol–water partition coefficient (Wildman–Crippen LogP) is 5.18. The normalized spacial score (nSPS) is 20.7. The van der Waals surface area contributed by atoms with Gasteiger partial charge in [-0.2, -0.15) is 0 Å². The molecule has 0 aromatic carbocycles. The van der Waals surface area contributed by atoms with E-state index in [1.807, 2.05) is 0 Å². The van der Waals surface area contributed by atoms with Crippen molar-refractivity contribution in [1.29, 1.82) is 0 Å². The highest BCUT2D eigenvalue weighted by Gasteiger charge is 2.27. The topological polar surface area (TPSA) is 3.24 Å². The van der Waals surface area contributed by atoms with E-state index in [0.717, 1.165) is 0 Å². The Hall–Kier alpha value is -0.0831. The standard InChI is InChI=1S/C17H35NSi/c1-4-19(5-2,6-3)17-18-15-13-11-9-7-8-10-12-14-16-18/h4H,1,5-17H2,2-3H3. The Morgan fingerprint density at radius 3 is 1.63 bits per heavy atom. The van der Waals surface area contributed by atoms with Gasteiger partial charge in [0.25, 0.3) is 0 Å². The van der Waals surface area contributed by atoms with Gasteiger partial charge >= 0.3 is 0 Å². The fourth-order valence-electron chi connectivity index (χ4n) is 3.27. The first-order chi connectivity index (χ1) is 9.26. The van der Waals surface area contributed by atoms with Crippen molar-refractivity contribution in [2.24, 2.45) is 0 Å². The van der Waals surface area contributed by atoms with Crippen molar-refractivity contribution < 1.29 is 0 Å². The molecule has 0 bridgehead atoms. The van der Waals surface area contributed by atoms with Gasteiger partial charge in [0.15, 0.2) is 0 Å². The summed E-state index contributed by atoms with van der Waals surface area (Å²) in [7, 11) is -1.20. The van der Waals surface area contributed by atoms with Crippen LogP contribution >= 0.6 is 0 Å². The van der Waals surface area contributed by atoms with Crippen molar-refractivity contribution in [1.82, 2.24) is 4.90 Å². The highest BCUT2D eigenvalue weighted by molar-refractivity contribution is 6.84. The van der Waals surface area contributed by atoms with Crippen molar-refractivity contribution >= 4 is 8.07 Å². The van der Waals surface area contributed by atoms with Crippen molar-refractivity contribution in [3.63, 3.8) is 0 Å². The highest BCUT2D eigenvalue weighted by Crippen LogP contribution is 2.20. The minimum absolute atomic E-state index is 1.20. The molecule has 0 radical (unpaired) electrons. The number of hydrogen-bond acceptors (Lipinski definition) is 1. The maximum atomic E-state index is 4.17. The lowest BCUT2D eigenvalue weighted by molar-refractivity contribution is 0.298. The second kappa shape index (κ2) is 9.76. The monoisotopic (exact) mass is 281 g/mol. The SMILES string of the molecule is C=C[Si](CC)(CC)CN1CCCCCCCCCC1. The summed E-state index contributed by atoms with van der Waals surface area (Å²) in [5.74, 6) is 0. The molecule has 1 nitrogen and oxygen atoms in total. The Morgan fingerprint density at radius 2 is 1.26 bits per heavy atom. The molecule has 19 heavy (non-hydrogen) atoms. The van der Waals surface area contributed by atoms with Gasteiger partial charge in [-0.25, -0.2) is 0 Å². The molecule has 2 heteroatoms. The number of nitrogens with zero attached hydrogens (tertiary/aromatic N) is 1. The fraction of sp³-hybridized carbons (Fsp3) is 0.882. The van der Waals surface area contributed by atoms with Crippen LogP contribution in [-0.2, 0) is 0 Å². The van der Waals surface area contributed by atoms with E-state index in [-0.39, 0.29) is 0 Å². The van der Waals surface area contributed by atoms with Crippen molar-refractivity contribution in [2.75, 3.05) is 19.3 Å². The van der Waals surface area contributed by atoms with Crippen LogP contribution in [0.15, 0.2) is 12.3 Å². The quantitative estimate of drug-likeness (QED) is 0.628. The third-order valence-electron chi connectivity index (χ3n) is 5.08. The Morgan fingerprint density at radius 1 is 0.842 bits per heavy atom. The fourth-order valence-corrected chi connectivity index (χ4v) is 6.13. The lowest BCUT2D eigenvalue weighted by atomic mass is 10.1. The molecule has 0 amide bonds. The van der Waals surface area contributed by atoms with E-state index in [1.165, 1.54) is 82.7 Å². The van der Waals surface area contributed by atoms with Crippen LogP contribution in [0, 0.1) is 0 Å². The van der Waals surface area contributed by atoms with Crippen molar-refractivity contribution in [3.05, 3.63) is 12.3 Å². The van der Waals surface area contributed by atoms with Crippen molar-refractivity contribution in [2.45, 2.75) is 77.3 Å². The van der Waals surface area contributed by atoms with Gasteiger partial charge in [0.1, 0.15) is 0 Å². The molecule has 1 heterocycles. The van der Waals surface area contributed by atoms with Crippen LogP contribution in [0.1, 0.15) is 65.2 Å². The van der Waals surface area contributed by atoms with Gasteiger partial charge in [0, 0.05) is 0 Å². The zero-order chi connectivity index (χ0) is 14.0. The summed E-state index contributed by atoms with van der Waals surface area (Å²) in [6.45, 7) is 11.6. The molecule has 1 saturated heterocycles. The first-order valence-corrected chi connectivity index (χ1v) is 11.3. The minimum Gasteiger partial charge on any atom is -0.306 e. The highest BCUT2D eigenvalue weighted by atomic mass is 28.3. The van der Waals surface area contributed by atoms with Crippen LogP contribution in [0.3, 0.4) is 0 Å². The molecule has 1 aliphatic heterocycles. The lowest BCUT2D eigenvalue weighted by Crippen LogP contribution is -2.45. The molecule has 0 saturated carbocycles. The van der Waals surface area contributed by atoms with E-state index >= 15 is 0 Å². The summed E-state index contributed by atoms with van der Waals surface area (Å²) in [6.07, 6.45) is 12.9. The molecule has 0 aromatic rings. The van der Waals surface area contributed by atoms with Gasteiger partial charge in [-0.3, -0.25) is 0 Å². The molecule has 1 rings (SSSR count). The van der Waals surface area contributed by atoms with E-state index in [4.69, 9.17) is 0 Å². The average Bonchev–Trinajstić information content (AvgIpc) is 2.51. The van der Waals surface area contributed by atoms with Gasteiger partial charge in [-0.15, -0.1) is 12.3 Å². The van der Waals surface area contributed by atoms with Crippen molar-refractivity contribution in [3.8, 4) is 0 Å². The summed E-state index contributed by atoms with van der Waals surface area (Å²) in [5, 5.41) is 0. The molecule has 0 unspecified atom stereocenters. The summed E-state index contributed by atoms with van der Waals surface area (Å²) >= 11 is 0. The molecule has 0 spiro atoms. The van der Waals surface area contributed by atoms with Gasteiger partial charge in [0.05, 0.1) is 8.07 Å². The van der Waals surface area contributed by atoms with Gasteiger partial charge < -0.3 is 4.90 Å². The first-order valence-electron chi connectivity index (χ1n) is 8.62. The molecule has 0 atom stereocenters. The largest absolute Gasteiger partial charge is 0.306 e. The minimum atomic E-state index is -1.20. The van der Waals surface area contributed by atoms with E-state index in [1.54, 1.807) is 0 Å². The molecule has 112 valence electrons. The lowest BCUT2D eigenvalue weighted by Gasteiger charge is -2.33. The molecule has 1 aliphatic rings. The Balaban J connectivity index is 2.52. The van der Waals surface area contributed by atoms with Crippen LogP contribution in [-0.4, -0.2) is 32.2 Å². The Labute approximate surface area is 122 Å². The van der Waals surface area contributed by atoms with Crippen LogP contribution in [0.25, 0.3) is 0 Å². The summed E-state index contributed by atoms with van der Waals surface area (Å²) in [5.41, 5.74) is 2.36. The second-order valence-electron chi connectivity index (χ2n) is 6.38. The molecule has 0 N–H and O–H groups in total. The van der Waals surface area contributed by atoms with Gasteiger partial charge in [-0.1, -0.05) is 64.5 Å². The third-order valence-corrected chi connectivity index (χ3v) is 9.84. The van der Waals surface area contributed by atoms with E-state index in [9.17, 15) is 0 Å². The number of hydrogen-bond donors (Lipinski definition) is 0. The van der Waals surface area contributed by atoms with Crippen LogP contribution in [0.2, 0.25) is 12.1 Å². The maximum Gasteiger partial charge on any atom is 0.0910 e. The van der Waals surface area contributed by atoms with Gasteiger partial charge in [-0.05, 0) is 32.1 Å². The number of rotatable bonds is 5. The van der Waals surface area contributed by atoms with Crippen LogP contribution in [0.4, 0.5) is 0 Å². The molecular weight excluding hydrogens is 246 g/mol. The van der Waals surface area contributed by atoms with E-state index in [2.05, 4.69) is 31.0 Å². The summed E-state index contributed by atoms with van der Waals surface area (Å²) in [4.78, 5) is 2.78. The molecular formula is C17H35NSi. The van der Waals surface area contributed by atoms with E-state index < -0.39 is 8.07 Å². The van der Waals surface area contributed by atoms with Crippen LogP contribution < -0.4 is 0 Å². The Kier molecular flexibility index (Phi) is 8.72. The van der Waals surface area contributed by atoms with Gasteiger partial charge in [0.2, 0.25) is 0 Å². The zero-order valence-corrected chi connectivity index (χ0v) is 14.4. The predicted molar refractivity (Wildman–Crippen MR) is 90.3 cm³/mol. The third kappa shape index (κ3) is 6.27. The molecule has 1 fully saturated rings. The molecule has 0 aliphatic carbocycles. The Bertz CT molecular complexity index is 223. The maximum absolute atomic E-state index is 4.17. The average molecular weight is 282 g/mol.